The van der Waals surface area contributed by atoms with Gasteiger partial charge in [-0.3, -0.25) is 4.79 Å². The molecular weight excluding hydrogens is 331 g/mol. The summed E-state index contributed by atoms with van der Waals surface area (Å²) in [4.78, 5) is 27.8. The number of aromatic nitrogens is 1. The number of urea groups is 1. The smallest absolute Gasteiger partial charge is 0.394 e. The largest absolute Gasteiger partial charge is 0.481 e. The van der Waals surface area contributed by atoms with E-state index in [1.165, 1.54) is 6.20 Å². The standard InChI is InChI=1S/C14H18F3N3O4/c1-2-3-11-18-4-8(24-11)5-19-13(23)20-6-9(12(21)22)10(7-20)14(15,16)17/h4,9-10H,2-3,5-7H2,1H3,(H,19,23)(H,21,22)/t9-,10-/m1/s1. The van der Waals surface area contributed by atoms with Crippen molar-refractivity contribution < 1.29 is 32.3 Å². The number of carboxylic acids is 1. The minimum Gasteiger partial charge on any atom is -0.481 e. The first-order valence-corrected chi connectivity index (χ1v) is 7.48. The number of likely N-dealkylation sites (tertiary alicyclic amines) is 1. The van der Waals surface area contributed by atoms with Crippen LogP contribution >= 0.6 is 0 Å². The molecule has 1 aromatic rings. The monoisotopic (exact) mass is 349 g/mol. The molecule has 1 aliphatic rings. The summed E-state index contributed by atoms with van der Waals surface area (Å²) >= 11 is 0. The number of alkyl halides is 3. The lowest BCUT2D eigenvalue weighted by atomic mass is 9.96. The molecule has 0 spiro atoms. The maximum atomic E-state index is 12.9. The van der Waals surface area contributed by atoms with Gasteiger partial charge in [-0.2, -0.15) is 13.2 Å². The highest BCUT2D eigenvalue weighted by molar-refractivity contribution is 5.77. The van der Waals surface area contributed by atoms with E-state index in [2.05, 4.69) is 10.3 Å². The highest BCUT2D eigenvalue weighted by atomic mass is 19.4. The molecule has 1 fully saturated rings. The molecule has 1 aliphatic heterocycles. The van der Waals surface area contributed by atoms with E-state index in [-0.39, 0.29) is 6.54 Å². The number of nitrogens with zero attached hydrogens (tertiary/aromatic N) is 2. The van der Waals surface area contributed by atoms with Gasteiger partial charge in [0.15, 0.2) is 5.89 Å². The number of oxazole rings is 1. The van der Waals surface area contributed by atoms with Crippen LogP contribution in [0.2, 0.25) is 0 Å². The van der Waals surface area contributed by atoms with Crippen LogP contribution in [0.5, 0.6) is 0 Å². The van der Waals surface area contributed by atoms with E-state index in [1.807, 2.05) is 6.92 Å². The normalized spacial score (nSPS) is 21.1. The summed E-state index contributed by atoms with van der Waals surface area (Å²) in [6.45, 7) is 0.766. The molecule has 2 N–H and O–H groups in total. The van der Waals surface area contributed by atoms with Gasteiger partial charge in [0.1, 0.15) is 5.76 Å². The zero-order valence-corrected chi connectivity index (χ0v) is 13.0. The SMILES string of the molecule is CCCc1ncc(CNC(=O)N2C[C@@H](C(F)(F)F)[C@H](C(=O)O)C2)o1. The second kappa shape index (κ2) is 7.10. The molecular formula is C14H18F3N3O4. The highest BCUT2D eigenvalue weighted by Gasteiger charge is 2.53. The number of aliphatic carboxylic acids is 1. The molecule has 1 saturated heterocycles. The number of carboxylic acid groups (broad SMARTS) is 1. The fourth-order valence-corrected chi connectivity index (χ4v) is 2.59. The number of halogens is 3. The minimum atomic E-state index is -4.67. The number of carbonyl (C=O) groups is 2. The molecule has 7 nitrogen and oxygen atoms in total. The molecule has 0 aliphatic carbocycles. The number of hydrogen-bond acceptors (Lipinski definition) is 4. The summed E-state index contributed by atoms with van der Waals surface area (Å²) in [5, 5.41) is 11.3. The Morgan fingerprint density at radius 1 is 1.46 bits per heavy atom. The topological polar surface area (TPSA) is 95.7 Å². The zero-order valence-electron chi connectivity index (χ0n) is 13.0. The van der Waals surface area contributed by atoms with E-state index in [9.17, 15) is 22.8 Å². The lowest BCUT2D eigenvalue weighted by Gasteiger charge is -2.18. The first-order valence-electron chi connectivity index (χ1n) is 7.48. The Balaban J connectivity index is 1.93. The molecule has 24 heavy (non-hydrogen) atoms. The van der Waals surface area contributed by atoms with E-state index in [0.717, 1.165) is 11.3 Å². The van der Waals surface area contributed by atoms with Crippen LogP contribution in [-0.2, 0) is 17.8 Å². The second-order valence-corrected chi connectivity index (χ2v) is 5.63. The van der Waals surface area contributed by atoms with Crippen molar-refractivity contribution in [3.63, 3.8) is 0 Å². The molecule has 2 rings (SSSR count). The average molecular weight is 349 g/mol. The number of amides is 2. The molecule has 0 radical (unpaired) electrons. The predicted octanol–water partition coefficient (Wildman–Crippen LogP) is 2.03. The summed E-state index contributed by atoms with van der Waals surface area (Å²) in [6, 6.07) is -0.763. The van der Waals surface area contributed by atoms with Crippen LogP contribution in [0.3, 0.4) is 0 Å². The quantitative estimate of drug-likeness (QED) is 0.848. The van der Waals surface area contributed by atoms with Gasteiger partial charge in [0.25, 0.3) is 0 Å². The summed E-state index contributed by atoms with van der Waals surface area (Å²) in [6.07, 6.45) is -1.74. The Morgan fingerprint density at radius 3 is 2.71 bits per heavy atom. The summed E-state index contributed by atoms with van der Waals surface area (Å²) in [5.41, 5.74) is 0. The van der Waals surface area contributed by atoms with Crippen molar-refractivity contribution in [3.8, 4) is 0 Å². The third-order valence-electron chi connectivity index (χ3n) is 3.82. The maximum Gasteiger partial charge on any atom is 0.394 e. The van der Waals surface area contributed by atoms with E-state index in [1.54, 1.807) is 0 Å². The van der Waals surface area contributed by atoms with Gasteiger partial charge in [0, 0.05) is 19.5 Å². The van der Waals surface area contributed by atoms with Crippen molar-refractivity contribution in [2.24, 2.45) is 11.8 Å². The molecule has 134 valence electrons. The van der Waals surface area contributed by atoms with Crippen molar-refractivity contribution in [1.82, 2.24) is 15.2 Å². The third-order valence-corrected chi connectivity index (χ3v) is 3.82. The van der Waals surface area contributed by atoms with Crippen LogP contribution in [0.1, 0.15) is 25.0 Å². The van der Waals surface area contributed by atoms with E-state index in [4.69, 9.17) is 9.52 Å². The molecule has 2 atom stereocenters. The average Bonchev–Trinajstić information content (AvgIpc) is 3.11. The molecule has 2 amide bonds. The number of nitrogens with one attached hydrogen (secondary N) is 1. The Morgan fingerprint density at radius 2 is 2.17 bits per heavy atom. The Hall–Kier alpha value is -2.26. The van der Waals surface area contributed by atoms with Crippen LogP contribution in [0.25, 0.3) is 0 Å². The van der Waals surface area contributed by atoms with Crippen molar-refractivity contribution in [3.05, 3.63) is 17.8 Å². The molecule has 0 aromatic carbocycles. The Kier molecular flexibility index (Phi) is 5.35. The van der Waals surface area contributed by atoms with Crippen molar-refractivity contribution in [1.29, 1.82) is 0 Å². The predicted molar refractivity (Wildman–Crippen MR) is 75.0 cm³/mol. The van der Waals surface area contributed by atoms with E-state index < -0.39 is 43.1 Å². The molecule has 0 unspecified atom stereocenters. The van der Waals surface area contributed by atoms with Gasteiger partial charge in [-0.05, 0) is 6.42 Å². The number of aryl methyl sites for hydroxylation is 1. The number of hydrogen-bond donors (Lipinski definition) is 2. The summed E-state index contributed by atoms with van der Waals surface area (Å²) in [5.74, 6) is -4.38. The maximum absolute atomic E-state index is 12.9. The fourth-order valence-electron chi connectivity index (χ4n) is 2.59. The van der Waals surface area contributed by atoms with Gasteiger partial charge >= 0.3 is 18.2 Å². The van der Waals surface area contributed by atoms with Gasteiger partial charge in [0.2, 0.25) is 0 Å². The first kappa shape index (κ1) is 18.1. The Labute approximate surface area is 135 Å². The first-order chi connectivity index (χ1) is 11.2. The van der Waals surface area contributed by atoms with Gasteiger partial charge in [-0.1, -0.05) is 6.92 Å². The number of rotatable bonds is 5. The molecule has 1 aromatic heterocycles. The van der Waals surface area contributed by atoms with Gasteiger partial charge in [-0.15, -0.1) is 0 Å². The van der Waals surface area contributed by atoms with Crippen molar-refractivity contribution >= 4 is 12.0 Å². The lowest BCUT2D eigenvalue weighted by Crippen LogP contribution is -2.39. The minimum absolute atomic E-state index is 0.0273. The third kappa shape index (κ3) is 4.18. The van der Waals surface area contributed by atoms with Crippen molar-refractivity contribution in [2.75, 3.05) is 13.1 Å². The van der Waals surface area contributed by atoms with Crippen LogP contribution in [0, 0.1) is 11.8 Å². The second-order valence-electron chi connectivity index (χ2n) is 5.63. The zero-order chi connectivity index (χ0) is 17.9. The van der Waals surface area contributed by atoms with Gasteiger partial charge in [-0.25, -0.2) is 9.78 Å². The van der Waals surface area contributed by atoms with Gasteiger partial charge < -0.3 is 19.7 Å². The van der Waals surface area contributed by atoms with Gasteiger partial charge in [0.05, 0.1) is 24.6 Å². The lowest BCUT2D eigenvalue weighted by molar-refractivity contribution is -0.187. The summed E-state index contributed by atoms with van der Waals surface area (Å²) < 4.78 is 44.0. The summed E-state index contributed by atoms with van der Waals surface area (Å²) in [7, 11) is 0. The van der Waals surface area contributed by atoms with E-state index >= 15 is 0 Å². The molecule has 10 heteroatoms. The highest BCUT2D eigenvalue weighted by Crippen LogP contribution is 2.37. The molecule has 0 saturated carbocycles. The van der Waals surface area contributed by atoms with Crippen LogP contribution in [0.4, 0.5) is 18.0 Å². The van der Waals surface area contributed by atoms with Crippen LogP contribution < -0.4 is 5.32 Å². The van der Waals surface area contributed by atoms with E-state index in [0.29, 0.717) is 18.1 Å². The van der Waals surface area contributed by atoms with Crippen LogP contribution in [0.15, 0.2) is 10.6 Å². The van der Waals surface area contributed by atoms with Crippen molar-refractivity contribution in [2.45, 2.75) is 32.5 Å². The van der Waals surface area contributed by atoms with Crippen LogP contribution in [-0.4, -0.2) is 46.3 Å². The number of carbonyl (C=O) groups excluding carboxylic acids is 1. The molecule has 2 heterocycles. The molecule has 0 bridgehead atoms. The Bertz CT molecular complexity index is 602. The fraction of sp³-hybridized carbons (Fsp3) is 0.643.